The fourth-order valence-electron chi connectivity index (χ4n) is 4.19. The predicted molar refractivity (Wildman–Crippen MR) is 101 cm³/mol. The number of hydrogen-bond donors (Lipinski definition) is 1. The first-order chi connectivity index (χ1) is 10.7. The lowest BCUT2D eigenvalue weighted by atomic mass is 9.84. The van der Waals surface area contributed by atoms with Crippen LogP contribution in [-0.4, -0.2) is 67.7 Å². The van der Waals surface area contributed by atoms with Crippen LogP contribution in [0.3, 0.4) is 0 Å². The summed E-state index contributed by atoms with van der Waals surface area (Å²) in [5.41, 5.74) is 6.03. The fourth-order valence-corrected chi connectivity index (χ4v) is 4.19. The topological polar surface area (TPSA) is 58.8 Å². The predicted octanol–water partition coefficient (Wildman–Crippen LogP) is 1.92. The smallest absolute Gasteiger partial charge is 0.225 e. The van der Waals surface area contributed by atoms with Crippen LogP contribution in [0.2, 0.25) is 0 Å². The number of ether oxygens (including phenoxy) is 1. The number of halogens is 2. The molecule has 2 N–H and O–H groups in total. The molecule has 7 heteroatoms. The highest BCUT2D eigenvalue weighted by Crippen LogP contribution is 2.27. The molecule has 0 bridgehead atoms. The number of carbonyl (C=O) groups excluding carboxylic acids is 1. The summed E-state index contributed by atoms with van der Waals surface area (Å²) in [4.78, 5) is 17.3. The normalized spacial score (nSPS) is 29.5. The average Bonchev–Trinajstić information content (AvgIpc) is 2.56. The molecule has 3 rings (SSSR count). The molecule has 0 aromatic rings. The molecule has 2 atom stereocenters. The van der Waals surface area contributed by atoms with Gasteiger partial charge in [0, 0.05) is 44.7 Å². The Kier molecular flexibility index (Phi) is 9.90. The highest BCUT2D eigenvalue weighted by Gasteiger charge is 2.31. The third kappa shape index (κ3) is 6.03. The van der Waals surface area contributed by atoms with Crippen LogP contribution in [0.5, 0.6) is 0 Å². The van der Waals surface area contributed by atoms with Gasteiger partial charge in [-0.05, 0) is 38.0 Å². The molecule has 3 fully saturated rings. The van der Waals surface area contributed by atoms with Gasteiger partial charge in [0.2, 0.25) is 5.91 Å². The minimum Gasteiger partial charge on any atom is -0.379 e. The molecule has 2 heterocycles. The standard InChI is InChI=1S/C17H31N3O2.2ClH/c18-16-3-1-2-15(12-16)17(21)20-6-4-14(5-7-20)13-19-8-10-22-11-9-19;;/h14-16H,1-13,18H2;2*1H. The Morgan fingerprint density at radius 3 is 2.29 bits per heavy atom. The first-order valence-corrected chi connectivity index (χ1v) is 9.07. The molecule has 3 aliphatic rings. The largest absolute Gasteiger partial charge is 0.379 e. The molecule has 1 aliphatic carbocycles. The van der Waals surface area contributed by atoms with Gasteiger partial charge in [-0.15, -0.1) is 24.8 Å². The Bertz CT molecular complexity index is 373. The van der Waals surface area contributed by atoms with Crippen molar-refractivity contribution in [1.29, 1.82) is 0 Å². The maximum atomic E-state index is 12.6. The number of hydrogen-bond acceptors (Lipinski definition) is 4. The second kappa shape index (κ2) is 10.8. The molecule has 5 nitrogen and oxygen atoms in total. The molecule has 0 aromatic heterocycles. The molecule has 0 aromatic carbocycles. The van der Waals surface area contributed by atoms with Gasteiger partial charge in [0.15, 0.2) is 0 Å². The summed E-state index contributed by atoms with van der Waals surface area (Å²) in [6, 6.07) is 0.238. The number of nitrogens with zero attached hydrogens (tertiary/aromatic N) is 2. The summed E-state index contributed by atoms with van der Waals surface area (Å²) in [6.07, 6.45) is 6.45. The zero-order valence-corrected chi connectivity index (χ0v) is 16.2. The molecule has 2 saturated heterocycles. The van der Waals surface area contributed by atoms with Crippen LogP contribution in [0.4, 0.5) is 0 Å². The molecule has 0 spiro atoms. The van der Waals surface area contributed by atoms with Crippen LogP contribution >= 0.6 is 24.8 Å². The second-order valence-electron chi connectivity index (χ2n) is 7.31. The van der Waals surface area contributed by atoms with Crippen LogP contribution in [0, 0.1) is 11.8 Å². The van der Waals surface area contributed by atoms with Gasteiger partial charge in [0.25, 0.3) is 0 Å². The summed E-state index contributed by atoms with van der Waals surface area (Å²) < 4.78 is 5.41. The molecule has 2 unspecified atom stereocenters. The quantitative estimate of drug-likeness (QED) is 0.810. The van der Waals surface area contributed by atoms with Crippen molar-refractivity contribution in [1.82, 2.24) is 9.80 Å². The molecule has 2 aliphatic heterocycles. The van der Waals surface area contributed by atoms with E-state index in [1.807, 2.05) is 0 Å². The summed E-state index contributed by atoms with van der Waals surface area (Å²) in [6.45, 7) is 6.95. The van der Waals surface area contributed by atoms with E-state index in [0.29, 0.717) is 5.91 Å². The van der Waals surface area contributed by atoms with E-state index in [-0.39, 0.29) is 36.8 Å². The van der Waals surface area contributed by atoms with Gasteiger partial charge >= 0.3 is 0 Å². The lowest BCUT2D eigenvalue weighted by Gasteiger charge is -2.38. The Balaban J connectivity index is 0.00000144. The fraction of sp³-hybridized carbons (Fsp3) is 0.941. The van der Waals surface area contributed by atoms with Crippen molar-refractivity contribution in [3.63, 3.8) is 0 Å². The summed E-state index contributed by atoms with van der Waals surface area (Å²) >= 11 is 0. The number of amides is 1. The number of nitrogens with two attached hydrogens (primary N) is 1. The number of rotatable bonds is 3. The lowest BCUT2D eigenvalue weighted by molar-refractivity contribution is -0.138. The molecule has 0 radical (unpaired) electrons. The average molecular weight is 382 g/mol. The van der Waals surface area contributed by atoms with Crippen molar-refractivity contribution in [2.45, 2.75) is 44.6 Å². The van der Waals surface area contributed by atoms with E-state index in [2.05, 4.69) is 9.80 Å². The van der Waals surface area contributed by atoms with Crippen LogP contribution < -0.4 is 5.73 Å². The number of piperidine rings is 1. The van der Waals surface area contributed by atoms with E-state index in [1.165, 1.54) is 6.54 Å². The Hall–Kier alpha value is -0.0700. The first-order valence-electron chi connectivity index (χ1n) is 9.07. The van der Waals surface area contributed by atoms with Gasteiger partial charge < -0.3 is 15.4 Å². The number of carbonyl (C=O) groups is 1. The molecular weight excluding hydrogens is 349 g/mol. The highest BCUT2D eigenvalue weighted by atomic mass is 35.5. The van der Waals surface area contributed by atoms with E-state index in [0.717, 1.165) is 83.8 Å². The van der Waals surface area contributed by atoms with Crippen molar-refractivity contribution >= 4 is 30.7 Å². The SMILES string of the molecule is Cl.Cl.NC1CCCC(C(=O)N2CCC(CN3CCOCC3)CC2)C1. The van der Waals surface area contributed by atoms with Crippen molar-refractivity contribution in [2.24, 2.45) is 17.6 Å². The van der Waals surface area contributed by atoms with Crippen molar-refractivity contribution in [2.75, 3.05) is 45.9 Å². The molecule has 24 heavy (non-hydrogen) atoms. The van der Waals surface area contributed by atoms with Gasteiger partial charge in [-0.2, -0.15) is 0 Å². The monoisotopic (exact) mass is 381 g/mol. The number of morpholine rings is 1. The maximum absolute atomic E-state index is 12.6. The van der Waals surface area contributed by atoms with Crippen molar-refractivity contribution < 1.29 is 9.53 Å². The van der Waals surface area contributed by atoms with Gasteiger partial charge in [-0.1, -0.05) is 6.42 Å². The molecular formula is C17H33Cl2N3O2. The highest BCUT2D eigenvalue weighted by molar-refractivity contribution is 5.85. The van der Waals surface area contributed by atoms with Crippen molar-refractivity contribution in [3.05, 3.63) is 0 Å². The minimum absolute atomic E-state index is 0. The Morgan fingerprint density at radius 1 is 1.00 bits per heavy atom. The van der Waals surface area contributed by atoms with Crippen LogP contribution in [0.15, 0.2) is 0 Å². The zero-order chi connectivity index (χ0) is 15.4. The molecule has 142 valence electrons. The maximum Gasteiger partial charge on any atom is 0.225 e. The molecule has 1 amide bonds. The van der Waals surface area contributed by atoms with Crippen molar-refractivity contribution in [3.8, 4) is 0 Å². The Morgan fingerprint density at radius 2 is 1.67 bits per heavy atom. The van der Waals surface area contributed by atoms with Gasteiger partial charge in [-0.3, -0.25) is 9.69 Å². The second-order valence-corrected chi connectivity index (χ2v) is 7.31. The summed E-state index contributed by atoms with van der Waals surface area (Å²) in [5.74, 6) is 1.32. The summed E-state index contributed by atoms with van der Waals surface area (Å²) in [5, 5.41) is 0. The van der Waals surface area contributed by atoms with E-state index >= 15 is 0 Å². The van der Waals surface area contributed by atoms with E-state index in [4.69, 9.17) is 10.5 Å². The van der Waals surface area contributed by atoms with E-state index in [9.17, 15) is 4.79 Å². The van der Waals surface area contributed by atoms with E-state index in [1.54, 1.807) is 0 Å². The first kappa shape index (κ1) is 22.0. The zero-order valence-electron chi connectivity index (χ0n) is 14.5. The third-order valence-electron chi connectivity index (χ3n) is 5.61. The van der Waals surface area contributed by atoms with Gasteiger partial charge in [0.1, 0.15) is 0 Å². The van der Waals surface area contributed by atoms with Crippen LogP contribution in [-0.2, 0) is 9.53 Å². The van der Waals surface area contributed by atoms with Crippen LogP contribution in [0.1, 0.15) is 38.5 Å². The molecule has 1 saturated carbocycles. The van der Waals surface area contributed by atoms with E-state index < -0.39 is 0 Å². The van der Waals surface area contributed by atoms with Crippen LogP contribution in [0.25, 0.3) is 0 Å². The third-order valence-corrected chi connectivity index (χ3v) is 5.61. The Labute approximate surface area is 158 Å². The number of likely N-dealkylation sites (tertiary alicyclic amines) is 1. The van der Waals surface area contributed by atoms with Gasteiger partial charge in [0.05, 0.1) is 13.2 Å². The summed E-state index contributed by atoms with van der Waals surface area (Å²) in [7, 11) is 0. The lowest BCUT2D eigenvalue weighted by Crippen LogP contribution is -2.46. The minimum atomic E-state index is 0. The van der Waals surface area contributed by atoms with Gasteiger partial charge in [-0.25, -0.2) is 0 Å².